The largest absolute Gasteiger partial charge is 0.492 e. The molecule has 11 heteroatoms. The molecule has 4 rings (SSSR count). The molecule has 1 aliphatic heterocycles. The lowest BCUT2D eigenvalue weighted by Crippen LogP contribution is -2.33. The van der Waals surface area contributed by atoms with E-state index >= 15 is 0 Å². The van der Waals surface area contributed by atoms with Gasteiger partial charge in [0, 0.05) is 31.4 Å². The van der Waals surface area contributed by atoms with Gasteiger partial charge in [-0.3, -0.25) is 14.6 Å². The van der Waals surface area contributed by atoms with Crippen LogP contribution in [-0.4, -0.2) is 64.0 Å². The van der Waals surface area contributed by atoms with Crippen molar-refractivity contribution < 1.29 is 33.7 Å². The Balaban J connectivity index is 1.41. The zero-order chi connectivity index (χ0) is 26.4. The highest BCUT2D eigenvalue weighted by Crippen LogP contribution is 2.25. The lowest BCUT2D eigenvalue weighted by atomic mass is 10.0. The first-order valence-corrected chi connectivity index (χ1v) is 11.6. The number of aliphatic hydroxyl groups excluding tert-OH is 2. The summed E-state index contributed by atoms with van der Waals surface area (Å²) in [6.07, 6.45) is 7.11. The van der Waals surface area contributed by atoms with Gasteiger partial charge in [0.25, 0.3) is 11.8 Å². The summed E-state index contributed by atoms with van der Waals surface area (Å²) >= 11 is 0. The maximum atomic E-state index is 14.2. The summed E-state index contributed by atoms with van der Waals surface area (Å²) in [5.74, 6) is -0.140. The molecular formula is C26H27FN4O6. The fourth-order valence-electron chi connectivity index (χ4n) is 3.59. The van der Waals surface area contributed by atoms with E-state index in [1.165, 1.54) is 24.7 Å². The van der Waals surface area contributed by atoms with E-state index in [-0.39, 0.29) is 30.8 Å². The first-order valence-electron chi connectivity index (χ1n) is 11.6. The van der Waals surface area contributed by atoms with E-state index in [0.29, 0.717) is 28.5 Å². The van der Waals surface area contributed by atoms with Crippen LogP contribution < -0.4 is 15.4 Å². The highest BCUT2D eigenvalue weighted by atomic mass is 19.1. The van der Waals surface area contributed by atoms with Gasteiger partial charge in [-0.15, -0.1) is 0 Å². The number of rotatable bonds is 9. The summed E-state index contributed by atoms with van der Waals surface area (Å²) in [6.45, 7) is 1.40. The number of nitrogens with one attached hydrogen (secondary N) is 3. The lowest BCUT2D eigenvalue weighted by molar-refractivity contribution is -0.116. The molecule has 0 fully saturated rings. The number of allylic oxidation sites excluding steroid dienone is 4. The van der Waals surface area contributed by atoms with Gasteiger partial charge >= 0.3 is 0 Å². The Kier molecular flexibility index (Phi) is 8.16. The zero-order valence-corrected chi connectivity index (χ0v) is 20.0. The zero-order valence-electron chi connectivity index (χ0n) is 20.0. The number of carbonyl (C=O) groups excluding carboxylic acids is 2. The second-order valence-corrected chi connectivity index (χ2v) is 8.53. The van der Waals surface area contributed by atoms with E-state index in [0.717, 1.165) is 5.57 Å². The summed E-state index contributed by atoms with van der Waals surface area (Å²) in [5.41, 5.74) is 2.64. The van der Waals surface area contributed by atoms with Crippen LogP contribution in [0.2, 0.25) is 0 Å². The van der Waals surface area contributed by atoms with Crippen LogP contribution >= 0.6 is 0 Å². The Morgan fingerprint density at radius 3 is 2.97 bits per heavy atom. The number of hydrogen-bond donors (Lipinski definition) is 5. The van der Waals surface area contributed by atoms with Gasteiger partial charge in [0.15, 0.2) is 0 Å². The number of carbonyl (C=O) groups is 2. The lowest BCUT2D eigenvalue weighted by Gasteiger charge is -2.19. The number of hydrogen-bond acceptors (Lipinski definition) is 7. The number of alkyl halides is 1. The summed E-state index contributed by atoms with van der Waals surface area (Å²) in [6, 6.07) is 4.87. The van der Waals surface area contributed by atoms with Crippen molar-refractivity contribution >= 4 is 11.8 Å². The molecule has 0 bridgehead atoms. The molecule has 1 aliphatic carbocycles. The van der Waals surface area contributed by atoms with Crippen molar-refractivity contribution in [3.63, 3.8) is 0 Å². The van der Waals surface area contributed by atoms with Gasteiger partial charge in [0.1, 0.15) is 24.3 Å². The van der Waals surface area contributed by atoms with E-state index in [1.54, 1.807) is 30.4 Å². The SMILES string of the molecule is CC1=CCC(F)C(NC(=O)C2=COCC(Oc3ccnc(-c4cc(C(=O)NCC(O)CO)c[nH]4)c3)=C2)=C1. The van der Waals surface area contributed by atoms with Gasteiger partial charge in [0.05, 0.1) is 47.2 Å². The summed E-state index contributed by atoms with van der Waals surface area (Å²) in [7, 11) is 0. The van der Waals surface area contributed by atoms with E-state index in [9.17, 15) is 19.1 Å². The predicted octanol–water partition coefficient (Wildman–Crippen LogP) is 2.02. The van der Waals surface area contributed by atoms with E-state index in [1.807, 2.05) is 6.92 Å². The van der Waals surface area contributed by atoms with Crippen LogP contribution in [-0.2, 0) is 9.53 Å². The number of ether oxygens (including phenoxy) is 2. The minimum atomic E-state index is -1.28. The fourth-order valence-corrected chi connectivity index (χ4v) is 3.59. The molecule has 5 N–H and O–H groups in total. The van der Waals surface area contributed by atoms with Crippen molar-refractivity contribution in [2.75, 3.05) is 19.8 Å². The molecule has 37 heavy (non-hydrogen) atoms. The second kappa shape index (κ2) is 11.7. The molecule has 0 saturated heterocycles. The highest BCUT2D eigenvalue weighted by molar-refractivity contribution is 5.97. The topological polar surface area (TPSA) is 146 Å². The molecule has 0 radical (unpaired) electrons. The molecule has 2 amide bonds. The predicted molar refractivity (Wildman–Crippen MR) is 132 cm³/mol. The van der Waals surface area contributed by atoms with Crippen molar-refractivity contribution in [2.24, 2.45) is 0 Å². The number of halogens is 1. The van der Waals surface area contributed by atoms with Crippen molar-refractivity contribution in [3.05, 3.63) is 83.2 Å². The van der Waals surface area contributed by atoms with Crippen LogP contribution in [0.25, 0.3) is 11.4 Å². The smallest absolute Gasteiger partial charge is 0.258 e. The van der Waals surface area contributed by atoms with Gasteiger partial charge in [-0.2, -0.15) is 0 Å². The Morgan fingerprint density at radius 2 is 2.16 bits per heavy atom. The number of aromatic amines is 1. The normalized spacial score (nSPS) is 17.9. The summed E-state index contributed by atoms with van der Waals surface area (Å²) in [4.78, 5) is 32.2. The molecule has 10 nitrogen and oxygen atoms in total. The average Bonchev–Trinajstić information content (AvgIpc) is 3.40. The quantitative estimate of drug-likeness (QED) is 0.347. The van der Waals surface area contributed by atoms with Crippen molar-refractivity contribution in [3.8, 4) is 17.1 Å². The van der Waals surface area contributed by atoms with Crippen LogP contribution in [0.1, 0.15) is 23.7 Å². The number of amides is 2. The Labute approximate surface area is 212 Å². The molecule has 194 valence electrons. The van der Waals surface area contributed by atoms with Crippen molar-refractivity contribution in [1.29, 1.82) is 0 Å². The fraction of sp³-hybridized carbons (Fsp3) is 0.269. The number of H-pyrrole nitrogens is 1. The molecule has 0 spiro atoms. The van der Waals surface area contributed by atoms with Crippen LogP contribution in [0.15, 0.2) is 77.7 Å². The molecule has 2 aromatic heterocycles. The summed E-state index contributed by atoms with van der Waals surface area (Å²) < 4.78 is 25.4. The number of aliphatic hydroxyl groups is 2. The molecule has 2 aromatic rings. The van der Waals surface area contributed by atoms with Gasteiger partial charge in [-0.1, -0.05) is 11.6 Å². The van der Waals surface area contributed by atoms with Gasteiger partial charge in [0.2, 0.25) is 0 Å². The van der Waals surface area contributed by atoms with Gasteiger partial charge in [-0.25, -0.2) is 4.39 Å². The van der Waals surface area contributed by atoms with Crippen LogP contribution in [0, 0.1) is 0 Å². The first-order chi connectivity index (χ1) is 17.8. The standard InChI is InChI=1S/C26H27FN4O6/c1-15-2-3-21(27)22(6-15)31-26(35)17-7-20(14-36-13-17)37-19-4-5-28-24(9-19)23-8-16(10-29-23)25(34)30-11-18(33)12-32/h2,4-10,13,18,21,29,32-33H,3,11-12,14H2,1H3,(H,30,34)(H,31,35). The Bertz CT molecular complexity index is 1300. The third kappa shape index (κ3) is 6.72. The average molecular weight is 511 g/mol. The van der Waals surface area contributed by atoms with Crippen molar-refractivity contribution in [1.82, 2.24) is 20.6 Å². The minimum absolute atomic E-state index is 0.0777. The molecule has 2 unspecified atom stereocenters. The molecule has 2 atom stereocenters. The molecule has 3 heterocycles. The van der Waals surface area contributed by atoms with Gasteiger partial charge in [-0.05, 0) is 31.2 Å². The highest BCUT2D eigenvalue weighted by Gasteiger charge is 2.21. The van der Waals surface area contributed by atoms with E-state index in [2.05, 4.69) is 20.6 Å². The van der Waals surface area contributed by atoms with Gasteiger partial charge < -0.3 is 35.3 Å². The van der Waals surface area contributed by atoms with E-state index < -0.39 is 30.7 Å². The minimum Gasteiger partial charge on any atom is -0.492 e. The third-order valence-corrected chi connectivity index (χ3v) is 5.55. The maximum Gasteiger partial charge on any atom is 0.258 e. The van der Waals surface area contributed by atoms with E-state index in [4.69, 9.17) is 14.6 Å². The second-order valence-electron chi connectivity index (χ2n) is 8.53. The Morgan fingerprint density at radius 1 is 1.32 bits per heavy atom. The molecule has 2 aliphatic rings. The van der Waals surface area contributed by atoms with Crippen molar-refractivity contribution in [2.45, 2.75) is 25.6 Å². The molecule has 0 aromatic carbocycles. The molecular weight excluding hydrogens is 483 g/mol. The maximum absolute atomic E-state index is 14.2. The van der Waals surface area contributed by atoms with Crippen LogP contribution in [0.4, 0.5) is 4.39 Å². The number of pyridine rings is 1. The Hall–Kier alpha value is -4.22. The third-order valence-electron chi connectivity index (χ3n) is 5.55. The number of aromatic nitrogens is 2. The molecule has 0 saturated carbocycles. The monoisotopic (exact) mass is 510 g/mol. The van der Waals surface area contributed by atoms with Crippen LogP contribution in [0.5, 0.6) is 5.75 Å². The van der Waals surface area contributed by atoms with Crippen LogP contribution in [0.3, 0.4) is 0 Å². The first kappa shape index (κ1) is 25.9. The number of nitrogens with zero attached hydrogens (tertiary/aromatic N) is 1. The summed E-state index contributed by atoms with van der Waals surface area (Å²) in [5, 5.41) is 23.4.